The van der Waals surface area contributed by atoms with E-state index < -0.39 is 47.5 Å². The first-order chi connectivity index (χ1) is 17.7. The summed E-state index contributed by atoms with van der Waals surface area (Å²) >= 11 is 0. The lowest BCUT2D eigenvalue weighted by atomic mass is 9.99. The average molecular weight is 530 g/mol. The molecule has 4 amide bonds. The van der Waals surface area contributed by atoms with Crippen LogP contribution in [0.25, 0.3) is 10.9 Å². The highest BCUT2D eigenvalue weighted by atomic mass is 16.6. The number of rotatable bonds is 12. The molecule has 0 bridgehead atoms. The van der Waals surface area contributed by atoms with E-state index in [1.807, 2.05) is 52.0 Å². The number of carbonyl (C=O) groups is 4. The highest BCUT2D eigenvalue weighted by Gasteiger charge is 2.31. The minimum Gasteiger partial charge on any atom is -0.444 e. The van der Waals surface area contributed by atoms with Crippen LogP contribution in [-0.2, 0) is 25.5 Å². The Kier molecular flexibility index (Phi) is 10.7. The Morgan fingerprint density at radius 3 is 2.00 bits per heavy atom. The van der Waals surface area contributed by atoms with E-state index in [2.05, 4.69) is 20.9 Å². The second-order valence-electron chi connectivity index (χ2n) is 11.5. The monoisotopic (exact) mass is 529 g/mol. The zero-order chi connectivity index (χ0) is 28.6. The topological polar surface area (TPSA) is 155 Å². The molecule has 2 aromatic rings. The molecule has 0 aliphatic heterocycles. The molecule has 6 N–H and O–H groups in total. The summed E-state index contributed by atoms with van der Waals surface area (Å²) in [7, 11) is 0. The van der Waals surface area contributed by atoms with Crippen LogP contribution in [-0.4, -0.2) is 52.5 Å². The molecule has 210 valence electrons. The normalized spacial score (nSPS) is 14.1. The van der Waals surface area contributed by atoms with Crippen LogP contribution in [0.3, 0.4) is 0 Å². The first-order valence-electron chi connectivity index (χ1n) is 13.1. The summed E-state index contributed by atoms with van der Waals surface area (Å²) in [5, 5.41) is 9.07. The molecule has 38 heavy (non-hydrogen) atoms. The molecule has 3 atom stereocenters. The Morgan fingerprint density at radius 2 is 1.42 bits per heavy atom. The molecular formula is C28H43N5O5. The maximum Gasteiger partial charge on any atom is 0.408 e. The van der Waals surface area contributed by atoms with Crippen LogP contribution in [0.5, 0.6) is 0 Å². The first kappa shape index (κ1) is 30.7. The van der Waals surface area contributed by atoms with Gasteiger partial charge in [-0.1, -0.05) is 45.9 Å². The molecule has 0 radical (unpaired) electrons. The molecule has 0 aliphatic rings. The Labute approximate surface area is 224 Å². The number of aromatic nitrogens is 1. The van der Waals surface area contributed by atoms with E-state index in [1.165, 1.54) is 0 Å². The molecule has 10 nitrogen and oxygen atoms in total. The number of ether oxygens (including phenoxy) is 1. The number of amides is 4. The van der Waals surface area contributed by atoms with Crippen molar-refractivity contribution in [3.63, 3.8) is 0 Å². The van der Waals surface area contributed by atoms with E-state index in [9.17, 15) is 19.2 Å². The summed E-state index contributed by atoms with van der Waals surface area (Å²) in [5.41, 5.74) is 6.48. The summed E-state index contributed by atoms with van der Waals surface area (Å²) in [6, 6.07) is 4.85. The predicted octanol–water partition coefficient (Wildman–Crippen LogP) is 3.15. The molecule has 0 fully saturated rings. The number of alkyl carbamates (subject to hydrolysis) is 1. The van der Waals surface area contributed by atoms with Gasteiger partial charge in [0.25, 0.3) is 0 Å². The van der Waals surface area contributed by atoms with Gasteiger partial charge in [-0.3, -0.25) is 14.4 Å². The second-order valence-corrected chi connectivity index (χ2v) is 11.5. The lowest BCUT2D eigenvalue weighted by molar-refractivity contribution is -0.132. The molecule has 2 rings (SSSR count). The van der Waals surface area contributed by atoms with Gasteiger partial charge in [0, 0.05) is 23.5 Å². The minimum absolute atomic E-state index is 0.0639. The number of aromatic amines is 1. The molecule has 0 spiro atoms. The maximum atomic E-state index is 13.5. The number of primary amides is 1. The Morgan fingerprint density at radius 1 is 0.868 bits per heavy atom. The van der Waals surface area contributed by atoms with E-state index in [4.69, 9.17) is 10.5 Å². The Bertz CT molecular complexity index is 1120. The van der Waals surface area contributed by atoms with Crippen molar-refractivity contribution in [1.82, 2.24) is 20.9 Å². The van der Waals surface area contributed by atoms with Gasteiger partial charge in [-0.15, -0.1) is 0 Å². The maximum absolute atomic E-state index is 13.5. The Hall–Kier alpha value is -3.56. The number of para-hydroxylation sites is 1. The van der Waals surface area contributed by atoms with Crippen LogP contribution in [0.2, 0.25) is 0 Å². The first-order valence-corrected chi connectivity index (χ1v) is 13.1. The van der Waals surface area contributed by atoms with Gasteiger partial charge in [0.2, 0.25) is 17.7 Å². The molecule has 0 saturated carbocycles. The summed E-state index contributed by atoms with van der Waals surface area (Å²) in [6.07, 6.45) is 1.93. The standard InChI is InChI=1S/C28H43N5O5/c1-16(2)12-21(24(29)34)31-25(35)22(13-17(3)4)32-26(36)23(33-27(37)38-28(5,6)7)14-18-15-30-20-11-9-8-10-19(18)20/h8-11,15-17,21-23,30H,12-14H2,1-7H3,(H2,29,34)(H,31,35)(H,32,36)(H,33,37)/t21-,22+,23+/m0/s1. The fourth-order valence-electron chi connectivity index (χ4n) is 4.14. The van der Waals surface area contributed by atoms with Crippen LogP contribution in [0.15, 0.2) is 30.5 Å². The van der Waals surface area contributed by atoms with Gasteiger partial charge in [0.05, 0.1) is 0 Å². The van der Waals surface area contributed by atoms with Crippen LogP contribution in [0.1, 0.15) is 66.9 Å². The number of H-pyrrole nitrogens is 1. The van der Waals surface area contributed by atoms with Gasteiger partial charge in [0.15, 0.2) is 0 Å². The largest absolute Gasteiger partial charge is 0.444 e. The lowest BCUT2D eigenvalue weighted by Crippen LogP contribution is -2.57. The highest BCUT2D eigenvalue weighted by Crippen LogP contribution is 2.20. The number of hydrogen-bond donors (Lipinski definition) is 5. The molecular weight excluding hydrogens is 486 g/mol. The Balaban J connectivity index is 2.29. The third-order valence-electron chi connectivity index (χ3n) is 5.81. The van der Waals surface area contributed by atoms with E-state index in [-0.39, 0.29) is 18.3 Å². The van der Waals surface area contributed by atoms with Crippen LogP contribution >= 0.6 is 0 Å². The van der Waals surface area contributed by atoms with Crippen molar-refractivity contribution in [2.75, 3.05) is 0 Å². The molecule has 1 aromatic heterocycles. The van der Waals surface area contributed by atoms with E-state index in [1.54, 1.807) is 27.0 Å². The van der Waals surface area contributed by atoms with Gasteiger partial charge in [-0.2, -0.15) is 0 Å². The molecule has 10 heteroatoms. The quantitative estimate of drug-likeness (QED) is 0.286. The van der Waals surface area contributed by atoms with Crippen molar-refractivity contribution in [1.29, 1.82) is 0 Å². The van der Waals surface area contributed by atoms with Gasteiger partial charge >= 0.3 is 6.09 Å². The molecule has 0 aliphatic carbocycles. The SMILES string of the molecule is CC(C)C[C@H](NC(=O)[C@@H](CC(C)C)NC(=O)[C@@H](Cc1c[nH]c2ccccc12)NC(=O)OC(C)(C)C)C(N)=O. The van der Waals surface area contributed by atoms with Gasteiger partial charge in [0.1, 0.15) is 23.7 Å². The third-order valence-corrected chi connectivity index (χ3v) is 5.81. The highest BCUT2D eigenvalue weighted by molar-refractivity contribution is 5.94. The van der Waals surface area contributed by atoms with Crippen molar-refractivity contribution in [3.05, 3.63) is 36.0 Å². The van der Waals surface area contributed by atoms with Gasteiger partial charge < -0.3 is 31.4 Å². The van der Waals surface area contributed by atoms with Crippen molar-refractivity contribution >= 4 is 34.7 Å². The fraction of sp³-hybridized carbons (Fsp3) is 0.571. The van der Waals surface area contributed by atoms with Crippen LogP contribution in [0, 0.1) is 11.8 Å². The zero-order valence-corrected chi connectivity index (χ0v) is 23.5. The average Bonchev–Trinajstić information content (AvgIpc) is 3.18. The zero-order valence-electron chi connectivity index (χ0n) is 23.5. The molecule has 1 aromatic carbocycles. The predicted molar refractivity (Wildman–Crippen MR) is 147 cm³/mol. The number of benzene rings is 1. The van der Waals surface area contributed by atoms with Crippen molar-refractivity contribution in [2.45, 2.75) is 91.5 Å². The summed E-state index contributed by atoms with van der Waals surface area (Å²) in [5.74, 6) is -1.48. The van der Waals surface area contributed by atoms with E-state index in [0.29, 0.717) is 12.8 Å². The molecule has 1 heterocycles. The number of nitrogens with one attached hydrogen (secondary N) is 4. The van der Waals surface area contributed by atoms with E-state index >= 15 is 0 Å². The number of fused-ring (bicyclic) bond motifs is 1. The van der Waals surface area contributed by atoms with Crippen molar-refractivity contribution in [3.8, 4) is 0 Å². The number of nitrogens with two attached hydrogens (primary N) is 1. The van der Waals surface area contributed by atoms with Gasteiger partial charge in [-0.05, 0) is 57.1 Å². The van der Waals surface area contributed by atoms with E-state index in [0.717, 1.165) is 16.5 Å². The minimum atomic E-state index is -1.02. The smallest absolute Gasteiger partial charge is 0.408 e. The van der Waals surface area contributed by atoms with Crippen molar-refractivity contribution < 1.29 is 23.9 Å². The summed E-state index contributed by atoms with van der Waals surface area (Å²) < 4.78 is 5.39. The fourth-order valence-corrected chi connectivity index (χ4v) is 4.14. The number of hydrogen-bond acceptors (Lipinski definition) is 5. The molecule has 0 saturated heterocycles. The summed E-state index contributed by atoms with van der Waals surface area (Å²) in [4.78, 5) is 54.5. The van der Waals surface area contributed by atoms with Crippen molar-refractivity contribution in [2.24, 2.45) is 17.6 Å². The third kappa shape index (κ3) is 9.72. The van der Waals surface area contributed by atoms with Crippen LogP contribution < -0.4 is 21.7 Å². The number of carbonyl (C=O) groups excluding carboxylic acids is 4. The molecule has 0 unspecified atom stereocenters. The van der Waals surface area contributed by atoms with Crippen LogP contribution in [0.4, 0.5) is 4.79 Å². The second kappa shape index (κ2) is 13.3. The van der Waals surface area contributed by atoms with Gasteiger partial charge in [-0.25, -0.2) is 4.79 Å². The lowest BCUT2D eigenvalue weighted by Gasteiger charge is -2.27. The summed E-state index contributed by atoms with van der Waals surface area (Å²) in [6.45, 7) is 12.9.